The highest BCUT2D eigenvalue weighted by Gasteiger charge is 2.21. The number of nitrogens with two attached hydrogens (primary N) is 1. The monoisotopic (exact) mass is 299 g/mol. The van der Waals surface area contributed by atoms with E-state index >= 15 is 0 Å². The lowest BCUT2D eigenvalue weighted by Crippen LogP contribution is -2.15. The maximum atomic E-state index is 11.1. The first-order valence-electron chi connectivity index (χ1n) is 4.99. The van der Waals surface area contributed by atoms with Gasteiger partial charge in [0.1, 0.15) is 5.75 Å². The minimum Gasteiger partial charge on any atom is -0.506 e. The number of rotatable bonds is 4. The average molecular weight is 300 g/mol. The Morgan fingerprint density at radius 2 is 2.18 bits per heavy atom. The molecule has 1 aromatic carbocycles. The van der Waals surface area contributed by atoms with Crippen LogP contribution in [0.4, 0.5) is 0 Å². The number of phenolic OH excluding ortho intramolecular Hbond substituents is 1. The van der Waals surface area contributed by atoms with Gasteiger partial charge in [-0.3, -0.25) is 0 Å². The molecule has 1 rings (SSSR count). The van der Waals surface area contributed by atoms with E-state index in [1.807, 2.05) is 0 Å². The van der Waals surface area contributed by atoms with Crippen LogP contribution in [-0.4, -0.2) is 16.2 Å². The lowest BCUT2D eigenvalue weighted by atomic mass is 9.95. The summed E-state index contributed by atoms with van der Waals surface area (Å²) in [5, 5.41) is 19.0. The van der Waals surface area contributed by atoms with Crippen LogP contribution >= 0.6 is 15.9 Å². The molecule has 0 amide bonds. The van der Waals surface area contributed by atoms with Gasteiger partial charge >= 0.3 is 5.97 Å². The molecule has 0 aliphatic carbocycles. The largest absolute Gasteiger partial charge is 0.506 e. The van der Waals surface area contributed by atoms with E-state index in [-0.39, 0.29) is 16.9 Å². The van der Waals surface area contributed by atoms with Gasteiger partial charge in [-0.15, -0.1) is 6.58 Å². The number of carboxylic acids is 1. The number of carbonyl (C=O) groups is 1. The van der Waals surface area contributed by atoms with Crippen LogP contribution in [0.2, 0.25) is 0 Å². The van der Waals surface area contributed by atoms with Crippen molar-refractivity contribution in [1.29, 1.82) is 0 Å². The highest BCUT2D eigenvalue weighted by molar-refractivity contribution is 9.10. The molecule has 0 aromatic heterocycles. The zero-order valence-electron chi connectivity index (χ0n) is 9.40. The van der Waals surface area contributed by atoms with E-state index in [0.29, 0.717) is 10.9 Å². The van der Waals surface area contributed by atoms with E-state index in [1.165, 1.54) is 12.1 Å². The summed E-state index contributed by atoms with van der Waals surface area (Å²) in [6.07, 6.45) is 0.421. The van der Waals surface area contributed by atoms with Gasteiger partial charge in [0.25, 0.3) is 0 Å². The smallest absolute Gasteiger partial charge is 0.336 e. The molecule has 1 aromatic rings. The molecule has 0 aliphatic rings. The number of hydrogen-bond donors (Lipinski definition) is 3. The van der Waals surface area contributed by atoms with Crippen LogP contribution in [0.5, 0.6) is 5.75 Å². The minimum absolute atomic E-state index is 0.0134. The van der Waals surface area contributed by atoms with Crippen LogP contribution in [0.15, 0.2) is 28.8 Å². The van der Waals surface area contributed by atoms with Crippen molar-refractivity contribution in [2.24, 2.45) is 5.73 Å². The molecule has 1 atom stereocenters. The van der Waals surface area contributed by atoms with Gasteiger partial charge in [0, 0.05) is 11.6 Å². The lowest BCUT2D eigenvalue weighted by molar-refractivity contribution is 0.0694. The summed E-state index contributed by atoms with van der Waals surface area (Å²) >= 11 is 3.14. The second-order valence-corrected chi connectivity index (χ2v) is 4.78. The van der Waals surface area contributed by atoms with Gasteiger partial charge in [-0.2, -0.15) is 0 Å². The number of halogens is 1. The predicted molar refractivity (Wildman–Crippen MR) is 69.1 cm³/mol. The Hall–Kier alpha value is -1.33. The molecule has 5 heteroatoms. The molecule has 0 saturated heterocycles. The van der Waals surface area contributed by atoms with E-state index in [9.17, 15) is 9.90 Å². The zero-order valence-corrected chi connectivity index (χ0v) is 11.0. The average Bonchev–Trinajstić information content (AvgIpc) is 2.20. The van der Waals surface area contributed by atoms with Crippen molar-refractivity contribution >= 4 is 21.9 Å². The van der Waals surface area contributed by atoms with Crippen LogP contribution in [0.3, 0.4) is 0 Å². The third-order valence-corrected chi connectivity index (χ3v) is 2.98. The Balaban J connectivity index is 3.32. The first kappa shape index (κ1) is 13.7. The zero-order chi connectivity index (χ0) is 13.2. The Labute approximate surface area is 108 Å². The number of benzene rings is 1. The summed E-state index contributed by atoms with van der Waals surface area (Å²) < 4.78 is 0.426. The summed E-state index contributed by atoms with van der Waals surface area (Å²) in [7, 11) is 0. The third kappa shape index (κ3) is 3.08. The van der Waals surface area contributed by atoms with Crippen LogP contribution in [0.25, 0.3) is 0 Å². The topological polar surface area (TPSA) is 83.6 Å². The fourth-order valence-electron chi connectivity index (χ4n) is 1.62. The number of phenols is 1. The molecule has 0 aliphatic heterocycles. The second kappa shape index (κ2) is 5.33. The minimum atomic E-state index is -1.11. The van der Waals surface area contributed by atoms with E-state index in [1.54, 1.807) is 6.92 Å². The molecule has 0 bridgehead atoms. The van der Waals surface area contributed by atoms with Crippen molar-refractivity contribution in [1.82, 2.24) is 0 Å². The number of hydrogen-bond acceptors (Lipinski definition) is 3. The molecule has 0 spiro atoms. The molecule has 0 heterocycles. The summed E-state index contributed by atoms with van der Waals surface area (Å²) in [6, 6.07) is 2.31. The number of carboxylic acid groups (broad SMARTS) is 1. The van der Waals surface area contributed by atoms with Gasteiger partial charge < -0.3 is 15.9 Å². The molecule has 4 nitrogen and oxygen atoms in total. The normalized spacial score (nSPS) is 12.2. The van der Waals surface area contributed by atoms with Gasteiger partial charge in [-0.25, -0.2) is 4.79 Å². The molecular formula is C12H14BrNO3. The predicted octanol–water partition coefficient (Wildman–Crippen LogP) is 2.82. The van der Waals surface area contributed by atoms with Crippen molar-refractivity contribution in [3.63, 3.8) is 0 Å². The molecule has 4 N–H and O–H groups in total. The van der Waals surface area contributed by atoms with Crippen molar-refractivity contribution < 1.29 is 15.0 Å². The Morgan fingerprint density at radius 3 is 2.65 bits per heavy atom. The summed E-state index contributed by atoms with van der Waals surface area (Å²) in [5.74, 6) is -1.24. The highest BCUT2D eigenvalue weighted by atomic mass is 79.9. The summed E-state index contributed by atoms with van der Waals surface area (Å²) in [4.78, 5) is 11.1. The first-order valence-corrected chi connectivity index (χ1v) is 5.78. The van der Waals surface area contributed by atoms with E-state index in [2.05, 4.69) is 22.5 Å². The van der Waals surface area contributed by atoms with E-state index in [4.69, 9.17) is 10.8 Å². The first-order chi connectivity index (χ1) is 7.84. The fraction of sp³-hybridized carbons (Fsp3) is 0.250. The van der Waals surface area contributed by atoms with E-state index < -0.39 is 12.0 Å². The van der Waals surface area contributed by atoms with Crippen molar-refractivity contribution in [2.45, 2.75) is 19.4 Å². The maximum Gasteiger partial charge on any atom is 0.336 e. The van der Waals surface area contributed by atoms with Gasteiger partial charge in [0.2, 0.25) is 0 Å². The second-order valence-electron chi connectivity index (χ2n) is 3.93. The Bertz CT molecular complexity index is 471. The van der Waals surface area contributed by atoms with Crippen LogP contribution in [0, 0.1) is 0 Å². The molecule has 92 valence electrons. The maximum absolute atomic E-state index is 11.1. The van der Waals surface area contributed by atoms with Crippen LogP contribution in [0.1, 0.15) is 35.3 Å². The molecule has 0 radical (unpaired) electrons. The Morgan fingerprint density at radius 1 is 1.59 bits per heavy atom. The van der Waals surface area contributed by atoms with Gasteiger partial charge in [0.15, 0.2) is 0 Å². The third-order valence-electron chi connectivity index (χ3n) is 2.34. The van der Waals surface area contributed by atoms with Crippen molar-refractivity contribution in [2.75, 3.05) is 0 Å². The molecule has 0 saturated carbocycles. The quantitative estimate of drug-likeness (QED) is 0.747. The molecule has 0 fully saturated rings. The van der Waals surface area contributed by atoms with Crippen LogP contribution < -0.4 is 5.73 Å². The molecule has 0 unspecified atom stereocenters. The Kier molecular flexibility index (Phi) is 4.31. The number of aromatic hydroxyl groups is 1. The van der Waals surface area contributed by atoms with Crippen LogP contribution in [-0.2, 0) is 0 Å². The standard InChI is InChI=1S/C12H14BrNO3/c1-6(2)5-9(14)10-7(12(16)17)3-4-8(13)11(10)15/h3-4,9,15H,1,5,14H2,2H3,(H,16,17)/t9-/m0/s1. The van der Waals surface area contributed by atoms with E-state index in [0.717, 1.165) is 5.57 Å². The lowest BCUT2D eigenvalue weighted by Gasteiger charge is -2.17. The molecular weight excluding hydrogens is 286 g/mol. The van der Waals surface area contributed by atoms with Crippen molar-refractivity contribution in [3.8, 4) is 5.75 Å². The van der Waals surface area contributed by atoms with Crippen molar-refractivity contribution in [3.05, 3.63) is 39.9 Å². The fourth-order valence-corrected chi connectivity index (χ4v) is 1.97. The molecule has 17 heavy (non-hydrogen) atoms. The van der Waals surface area contributed by atoms with Gasteiger partial charge in [-0.05, 0) is 41.4 Å². The SMILES string of the molecule is C=C(C)C[C@H](N)c1c(C(=O)O)ccc(Br)c1O. The van der Waals surface area contributed by atoms with Gasteiger partial charge in [0.05, 0.1) is 10.0 Å². The highest BCUT2D eigenvalue weighted by Crippen LogP contribution is 2.35. The summed E-state index contributed by atoms with van der Waals surface area (Å²) in [5.41, 5.74) is 6.97. The van der Waals surface area contributed by atoms with Gasteiger partial charge in [-0.1, -0.05) is 5.57 Å². The summed E-state index contributed by atoms with van der Waals surface area (Å²) in [6.45, 7) is 5.53. The number of aromatic carboxylic acids is 1.